The molecule has 0 atom stereocenters. The maximum atomic E-state index is 11.8. The fraction of sp³-hybridized carbons (Fsp3) is 0.529. The van der Waals surface area contributed by atoms with Crippen LogP contribution in [-0.4, -0.2) is 29.1 Å². The molecule has 0 radical (unpaired) electrons. The highest BCUT2D eigenvalue weighted by molar-refractivity contribution is 5.78. The van der Waals surface area contributed by atoms with E-state index in [1.54, 1.807) is 0 Å². The molecule has 120 valence electrons. The van der Waals surface area contributed by atoms with Crippen LogP contribution >= 0.6 is 0 Å². The van der Waals surface area contributed by atoms with Crippen molar-refractivity contribution in [1.82, 2.24) is 5.32 Å². The molecule has 0 bridgehead atoms. The number of ether oxygens (including phenoxy) is 1. The van der Waals surface area contributed by atoms with Gasteiger partial charge in [0.15, 0.2) is 0 Å². The van der Waals surface area contributed by atoms with Crippen molar-refractivity contribution < 1.29 is 19.4 Å². The average molecular weight is 305 g/mol. The van der Waals surface area contributed by atoms with Crippen LogP contribution in [0.2, 0.25) is 0 Å². The number of benzene rings is 1. The van der Waals surface area contributed by atoms with E-state index in [9.17, 15) is 9.59 Å². The fourth-order valence-corrected chi connectivity index (χ4v) is 2.54. The van der Waals surface area contributed by atoms with Gasteiger partial charge in [0.1, 0.15) is 11.4 Å². The minimum atomic E-state index is -0.841. The van der Waals surface area contributed by atoms with E-state index in [4.69, 9.17) is 9.84 Å². The SMILES string of the molecule is CC1(C)CCc2cc(CC(=O)NCCCC(=O)O)ccc2O1. The number of carbonyl (C=O) groups is 2. The van der Waals surface area contributed by atoms with Gasteiger partial charge in [-0.1, -0.05) is 12.1 Å². The Hall–Kier alpha value is -2.04. The Morgan fingerprint density at radius 3 is 2.86 bits per heavy atom. The molecule has 1 amide bonds. The van der Waals surface area contributed by atoms with Crippen LogP contribution in [0, 0.1) is 0 Å². The molecule has 1 aromatic rings. The number of hydrogen-bond acceptors (Lipinski definition) is 3. The van der Waals surface area contributed by atoms with E-state index in [0.29, 0.717) is 19.4 Å². The predicted molar refractivity (Wildman–Crippen MR) is 83.1 cm³/mol. The molecule has 1 heterocycles. The van der Waals surface area contributed by atoms with Gasteiger partial charge in [0.25, 0.3) is 0 Å². The van der Waals surface area contributed by atoms with Crippen LogP contribution in [0.1, 0.15) is 44.2 Å². The average Bonchev–Trinajstić information content (AvgIpc) is 2.43. The molecular weight excluding hydrogens is 282 g/mol. The topological polar surface area (TPSA) is 75.6 Å². The Kier molecular flexibility index (Phi) is 5.06. The van der Waals surface area contributed by atoms with Gasteiger partial charge < -0.3 is 15.2 Å². The summed E-state index contributed by atoms with van der Waals surface area (Å²) in [5, 5.41) is 11.3. The summed E-state index contributed by atoms with van der Waals surface area (Å²) < 4.78 is 5.92. The number of hydrogen-bond donors (Lipinski definition) is 2. The van der Waals surface area contributed by atoms with Crippen LogP contribution in [0.25, 0.3) is 0 Å². The molecule has 2 rings (SSSR count). The third-order valence-corrected chi connectivity index (χ3v) is 3.76. The van der Waals surface area contributed by atoms with Gasteiger partial charge in [-0.05, 0) is 50.3 Å². The quantitative estimate of drug-likeness (QED) is 0.791. The lowest BCUT2D eigenvalue weighted by molar-refractivity contribution is -0.137. The largest absolute Gasteiger partial charge is 0.488 e. The van der Waals surface area contributed by atoms with Gasteiger partial charge in [-0.15, -0.1) is 0 Å². The molecule has 1 aliphatic heterocycles. The minimum Gasteiger partial charge on any atom is -0.488 e. The fourth-order valence-electron chi connectivity index (χ4n) is 2.54. The van der Waals surface area contributed by atoms with Crippen LogP contribution in [-0.2, 0) is 22.4 Å². The predicted octanol–water partition coefficient (Wildman–Crippen LogP) is 2.31. The number of aliphatic carboxylic acids is 1. The van der Waals surface area contributed by atoms with Gasteiger partial charge >= 0.3 is 5.97 Å². The first-order valence-corrected chi connectivity index (χ1v) is 7.65. The third-order valence-electron chi connectivity index (χ3n) is 3.76. The van der Waals surface area contributed by atoms with E-state index in [2.05, 4.69) is 19.2 Å². The zero-order chi connectivity index (χ0) is 16.2. The highest BCUT2D eigenvalue weighted by Crippen LogP contribution is 2.33. The summed E-state index contributed by atoms with van der Waals surface area (Å²) in [6.45, 7) is 4.55. The van der Waals surface area contributed by atoms with Gasteiger partial charge in [-0.3, -0.25) is 9.59 Å². The smallest absolute Gasteiger partial charge is 0.303 e. The molecule has 0 saturated carbocycles. The third kappa shape index (κ3) is 4.76. The molecule has 0 aromatic heterocycles. The number of rotatable bonds is 6. The Bertz CT molecular complexity index is 566. The first-order chi connectivity index (χ1) is 10.4. The number of carboxylic acids is 1. The van der Waals surface area contributed by atoms with Gasteiger partial charge in [0.05, 0.1) is 6.42 Å². The van der Waals surface area contributed by atoms with E-state index < -0.39 is 5.97 Å². The van der Waals surface area contributed by atoms with E-state index in [1.165, 1.54) is 0 Å². The zero-order valence-electron chi connectivity index (χ0n) is 13.1. The number of carboxylic acid groups (broad SMARTS) is 1. The van der Waals surface area contributed by atoms with Gasteiger partial charge in [-0.2, -0.15) is 0 Å². The lowest BCUT2D eigenvalue weighted by atomic mass is 9.93. The monoisotopic (exact) mass is 305 g/mol. The summed E-state index contributed by atoms with van der Waals surface area (Å²) >= 11 is 0. The van der Waals surface area contributed by atoms with Crippen molar-refractivity contribution in [3.63, 3.8) is 0 Å². The van der Waals surface area contributed by atoms with Gasteiger partial charge in [0.2, 0.25) is 5.91 Å². The lowest BCUT2D eigenvalue weighted by Crippen LogP contribution is -2.32. The van der Waals surface area contributed by atoms with Gasteiger partial charge in [0, 0.05) is 13.0 Å². The summed E-state index contributed by atoms with van der Waals surface area (Å²) in [5.74, 6) is -0.0175. The van der Waals surface area contributed by atoms with Crippen LogP contribution in [0.5, 0.6) is 5.75 Å². The second-order valence-electron chi connectivity index (χ2n) is 6.33. The van der Waals surface area contributed by atoms with E-state index >= 15 is 0 Å². The Morgan fingerprint density at radius 2 is 2.14 bits per heavy atom. The summed E-state index contributed by atoms with van der Waals surface area (Å²) in [5.41, 5.74) is 1.98. The Labute approximate surface area is 130 Å². The minimum absolute atomic E-state index is 0.0756. The molecule has 2 N–H and O–H groups in total. The molecule has 22 heavy (non-hydrogen) atoms. The van der Waals surface area contributed by atoms with Crippen molar-refractivity contribution in [3.05, 3.63) is 29.3 Å². The van der Waals surface area contributed by atoms with E-state index in [-0.39, 0.29) is 17.9 Å². The van der Waals surface area contributed by atoms with Crippen LogP contribution in [0.4, 0.5) is 0 Å². The maximum Gasteiger partial charge on any atom is 0.303 e. The number of aryl methyl sites for hydroxylation is 1. The lowest BCUT2D eigenvalue weighted by Gasteiger charge is -2.32. The first kappa shape index (κ1) is 16.3. The molecule has 1 aliphatic rings. The first-order valence-electron chi connectivity index (χ1n) is 7.65. The van der Waals surface area contributed by atoms with Crippen LogP contribution in [0.3, 0.4) is 0 Å². The van der Waals surface area contributed by atoms with Crippen molar-refractivity contribution >= 4 is 11.9 Å². The second-order valence-corrected chi connectivity index (χ2v) is 6.33. The van der Waals surface area contributed by atoms with Crippen molar-refractivity contribution in [3.8, 4) is 5.75 Å². The molecule has 0 fully saturated rings. The number of amides is 1. The van der Waals surface area contributed by atoms with E-state index in [1.807, 2.05) is 18.2 Å². The van der Waals surface area contributed by atoms with Crippen LogP contribution in [0.15, 0.2) is 18.2 Å². The Balaban J connectivity index is 1.86. The van der Waals surface area contributed by atoms with Crippen molar-refractivity contribution in [2.75, 3.05) is 6.54 Å². The molecular formula is C17H23NO4. The molecule has 5 nitrogen and oxygen atoms in total. The van der Waals surface area contributed by atoms with Crippen LogP contribution < -0.4 is 10.1 Å². The summed E-state index contributed by atoms with van der Waals surface area (Å²) in [6.07, 6.45) is 2.76. The van der Waals surface area contributed by atoms with Crippen molar-refractivity contribution in [2.45, 2.75) is 51.6 Å². The zero-order valence-corrected chi connectivity index (χ0v) is 13.1. The summed E-state index contributed by atoms with van der Waals surface area (Å²) in [6, 6.07) is 5.88. The number of fused-ring (bicyclic) bond motifs is 1. The summed E-state index contributed by atoms with van der Waals surface area (Å²) in [4.78, 5) is 22.2. The molecule has 0 aliphatic carbocycles. The second kappa shape index (κ2) is 6.81. The standard InChI is InChI=1S/C17H23NO4/c1-17(2)8-7-13-10-12(5-6-14(13)22-17)11-15(19)18-9-3-4-16(20)21/h5-6,10H,3-4,7-9,11H2,1-2H3,(H,18,19)(H,20,21). The maximum absolute atomic E-state index is 11.8. The molecule has 0 saturated heterocycles. The van der Waals surface area contributed by atoms with Crippen molar-refractivity contribution in [2.24, 2.45) is 0 Å². The van der Waals surface area contributed by atoms with E-state index in [0.717, 1.165) is 29.7 Å². The van der Waals surface area contributed by atoms with Crippen molar-refractivity contribution in [1.29, 1.82) is 0 Å². The number of carbonyl (C=O) groups excluding carboxylic acids is 1. The number of nitrogens with one attached hydrogen (secondary N) is 1. The normalized spacial score (nSPS) is 15.5. The molecule has 1 aromatic carbocycles. The molecule has 5 heteroatoms. The highest BCUT2D eigenvalue weighted by atomic mass is 16.5. The summed E-state index contributed by atoms with van der Waals surface area (Å²) in [7, 11) is 0. The van der Waals surface area contributed by atoms with Gasteiger partial charge in [-0.25, -0.2) is 0 Å². The molecule has 0 spiro atoms. The Morgan fingerprint density at radius 1 is 1.36 bits per heavy atom. The molecule has 0 unspecified atom stereocenters. The highest BCUT2D eigenvalue weighted by Gasteiger charge is 2.26.